The zero-order chi connectivity index (χ0) is 22.2. The van der Waals surface area contributed by atoms with E-state index < -0.39 is 23.4 Å². The first kappa shape index (κ1) is 22.4. The van der Waals surface area contributed by atoms with Gasteiger partial charge in [0.15, 0.2) is 0 Å². The van der Waals surface area contributed by atoms with Crippen molar-refractivity contribution in [1.82, 2.24) is 5.32 Å². The minimum Gasteiger partial charge on any atom is -0.347 e. The van der Waals surface area contributed by atoms with E-state index in [2.05, 4.69) is 16.0 Å². The average Bonchev–Trinajstić information content (AvgIpc) is 2.75. The highest BCUT2D eigenvalue weighted by atomic mass is 19.1. The van der Waals surface area contributed by atoms with E-state index in [1.165, 1.54) is 30.3 Å². The summed E-state index contributed by atoms with van der Waals surface area (Å²) >= 11 is 0. The summed E-state index contributed by atoms with van der Waals surface area (Å²) in [4.78, 5) is 36.4. The lowest BCUT2D eigenvalue weighted by molar-refractivity contribution is -0.123. The molecule has 1 saturated carbocycles. The number of hydrogen-bond donors (Lipinski definition) is 3. The van der Waals surface area contributed by atoms with Crippen LogP contribution in [0.25, 0.3) is 0 Å². The van der Waals surface area contributed by atoms with E-state index >= 15 is 0 Å². The molecule has 2 aromatic rings. The quantitative estimate of drug-likeness (QED) is 0.626. The van der Waals surface area contributed by atoms with Gasteiger partial charge in [0.2, 0.25) is 17.7 Å². The second-order valence-electron chi connectivity index (χ2n) is 7.65. The zero-order valence-electron chi connectivity index (χ0n) is 17.0. The second kappa shape index (κ2) is 10.7. The number of carbonyl (C=O) groups excluding carboxylic acids is 3. The molecule has 0 radical (unpaired) electrons. The number of halogens is 2. The molecule has 0 unspecified atom stereocenters. The van der Waals surface area contributed by atoms with Crippen molar-refractivity contribution in [2.45, 2.75) is 38.5 Å². The maximum absolute atomic E-state index is 14.1. The van der Waals surface area contributed by atoms with E-state index in [1.54, 1.807) is 6.07 Å². The Morgan fingerprint density at radius 3 is 2.42 bits per heavy atom. The van der Waals surface area contributed by atoms with Gasteiger partial charge in [0.1, 0.15) is 11.6 Å². The minimum absolute atomic E-state index is 0.00325. The molecule has 164 valence electrons. The van der Waals surface area contributed by atoms with Crippen LogP contribution in [0.15, 0.2) is 42.5 Å². The highest BCUT2D eigenvalue weighted by Gasteiger charge is 2.22. The lowest BCUT2D eigenvalue weighted by Gasteiger charge is -2.21. The lowest BCUT2D eigenvalue weighted by Crippen LogP contribution is -2.33. The highest BCUT2D eigenvalue weighted by molar-refractivity contribution is 5.97. The summed E-state index contributed by atoms with van der Waals surface area (Å²) in [6.07, 6.45) is 4.61. The Labute approximate surface area is 179 Å². The number of nitrogens with one attached hydrogen (secondary N) is 3. The zero-order valence-corrected chi connectivity index (χ0v) is 17.0. The monoisotopic (exact) mass is 429 g/mol. The van der Waals surface area contributed by atoms with E-state index in [9.17, 15) is 23.2 Å². The number of anilines is 2. The smallest absolute Gasteiger partial charge is 0.243 e. The number of benzene rings is 2. The molecule has 3 amide bonds. The summed E-state index contributed by atoms with van der Waals surface area (Å²) in [5.41, 5.74) is 0.794. The van der Waals surface area contributed by atoms with Gasteiger partial charge in [0.05, 0.1) is 18.7 Å². The summed E-state index contributed by atoms with van der Waals surface area (Å²) in [6, 6.07) is 9.54. The Bertz CT molecular complexity index is 959. The molecule has 31 heavy (non-hydrogen) atoms. The molecule has 0 aliphatic heterocycles. The van der Waals surface area contributed by atoms with Gasteiger partial charge in [-0.2, -0.15) is 0 Å². The average molecular weight is 429 g/mol. The third-order valence-electron chi connectivity index (χ3n) is 5.18. The Morgan fingerprint density at radius 1 is 0.903 bits per heavy atom. The Kier molecular flexibility index (Phi) is 7.70. The summed E-state index contributed by atoms with van der Waals surface area (Å²) < 4.78 is 27.3. The van der Waals surface area contributed by atoms with Crippen molar-refractivity contribution in [3.63, 3.8) is 0 Å². The van der Waals surface area contributed by atoms with Crippen LogP contribution in [0.1, 0.15) is 37.7 Å². The van der Waals surface area contributed by atoms with Crippen molar-refractivity contribution in [3.05, 3.63) is 59.7 Å². The molecule has 1 aliphatic rings. The fourth-order valence-corrected chi connectivity index (χ4v) is 3.58. The SMILES string of the molecule is O=C(Cc1cccc(F)c1)NCC(=O)Nc1ccc(F)c(NC(=O)C2CCCCC2)c1. The first-order valence-corrected chi connectivity index (χ1v) is 10.3. The van der Waals surface area contributed by atoms with Crippen LogP contribution in [0, 0.1) is 17.6 Å². The molecule has 0 aromatic heterocycles. The van der Waals surface area contributed by atoms with Crippen molar-refractivity contribution in [1.29, 1.82) is 0 Å². The molecular formula is C23H25F2N3O3. The van der Waals surface area contributed by atoms with Gasteiger partial charge in [-0.05, 0) is 48.7 Å². The van der Waals surface area contributed by atoms with Crippen molar-refractivity contribution in [3.8, 4) is 0 Å². The Morgan fingerprint density at radius 2 is 1.68 bits per heavy atom. The molecule has 0 heterocycles. The maximum Gasteiger partial charge on any atom is 0.243 e. The predicted octanol–water partition coefficient (Wildman–Crippen LogP) is 3.78. The summed E-state index contributed by atoms with van der Waals surface area (Å²) in [5, 5.41) is 7.62. The largest absolute Gasteiger partial charge is 0.347 e. The van der Waals surface area contributed by atoms with Gasteiger partial charge in [-0.15, -0.1) is 0 Å². The third kappa shape index (κ3) is 6.87. The van der Waals surface area contributed by atoms with Crippen molar-refractivity contribution < 1.29 is 23.2 Å². The van der Waals surface area contributed by atoms with Crippen LogP contribution in [0.2, 0.25) is 0 Å². The first-order chi connectivity index (χ1) is 14.9. The van der Waals surface area contributed by atoms with Gasteiger partial charge in [-0.25, -0.2) is 8.78 Å². The molecule has 1 aliphatic carbocycles. The Balaban J connectivity index is 1.50. The van der Waals surface area contributed by atoms with Crippen molar-refractivity contribution >= 4 is 29.1 Å². The van der Waals surface area contributed by atoms with Gasteiger partial charge in [0.25, 0.3) is 0 Å². The van der Waals surface area contributed by atoms with E-state index in [1.807, 2.05) is 0 Å². The summed E-state index contributed by atoms with van der Waals surface area (Å²) in [7, 11) is 0. The molecule has 8 heteroatoms. The number of carbonyl (C=O) groups is 3. The number of rotatable bonds is 7. The fourth-order valence-electron chi connectivity index (χ4n) is 3.58. The van der Waals surface area contributed by atoms with E-state index in [0.717, 1.165) is 38.2 Å². The summed E-state index contributed by atoms with van der Waals surface area (Å²) in [5.74, 6) is -2.31. The summed E-state index contributed by atoms with van der Waals surface area (Å²) in [6.45, 7) is -0.296. The molecule has 0 bridgehead atoms. The molecule has 0 spiro atoms. The fraction of sp³-hybridized carbons (Fsp3) is 0.348. The van der Waals surface area contributed by atoms with Gasteiger partial charge >= 0.3 is 0 Å². The molecule has 0 saturated heterocycles. The van der Waals surface area contributed by atoms with Crippen molar-refractivity contribution in [2.24, 2.45) is 5.92 Å². The highest BCUT2D eigenvalue weighted by Crippen LogP contribution is 2.26. The van der Waals surface area contributed by atoms with E-state index in [4.69, 9.17) is 0 Å². The topological polar surface area (TPSA) is 87.3 Å². The molecule has 6 nitrogen and oxygen atoms in total. The maximum atomic E-state index is 14.1. The van der Waals surface area contributed by atoms with Gasteiger partial charge in [0, 0.05) is 11.6 Å². The predicted molar refractivity (Wildman–Crippen MR) is 113 cm³/mol. The molecular weight excluding hydrogens is 404 g/mol. The molecule has 0 atom stereocenters. The molecule has 1 fully saturated rings. The number of hydrogen-bond acceptors (Lipinski definition) is 3. The molecule has 2 aromatic carbocycles. The van der Waals surface area contributed by atoms with Crippen molar-refractivity contribution in [2.75, 3.05) is 17.2 Å². The standard InChI is InChI=1S/C23H25F2N3O3/c24-17-8-4-5-15(11-17)12-21(29)26-14-22(30)27-18-9-10-19(25)20(13-18)28-23(31)16-6-2-1-3-7-16/h4-5,8-11,13,16H,1-3,6-7,12,14H2,(H,26,29)(H,27,30)(H,28,31). The second-order valence-corrected chi connectivity index (χ2v) is 7.65. The molecule has 3 N–H and O–H groups in total. The number of amides is 3. The van der Waals surface area contributed by atoms with Gasteiger partial charge in [-0.3, -0.25) is 14.4 Å². The Hall–Kier alpha value is -3.29. The molecule has 3 rings (SSSR count). The lowest BCUT2D eigenvalue weighted by atomic mass is 9.88. The first-order valence-electron chi connectivity index (χ1n) is 10.3. The van der Waals surface area contributed by atoms with E-state index in [0.29, 0.717) is 11.3 Å². The van der Waals surface area contributed by atoms with Crippen LogP contribution in [0.3, 0.4) is 0 Å². The van der Waals surface area contributed by atoms with Crippen LogP contribution in [0.4, 0.5) is 20.2 Å². The van der Waals surface area contributed by atoms with Crippen LogP contribution < -0.4 is 16.0 Å². The normalized spacial score (nSPS) is 14.0. The van der Waals surface area contributed by atoms with Gasteiger partial charge in [-0.1, -0.05) is 31.4 Å². The van der Waals surface area contributed by atoms with Crippen LogP contribution in [0.5, 0.6) is 0 Å². The van der Waals surface area contributed by atoms with Crippen LogP contribution >= 0.6 is 0 Å². The van der Waals surface area contributed by atoms with Crippen LogP contribution in [-0.4, -0.2) is 24.3 Å². The van der Waals surface area contributed by atoms with Crippen LogP contribution in [-0.2, 0) is 20.8 Å². The van der Waals surface area contributed by atoms with Gasteiger partial charge < -0.3 is 16.0 Å². The van der Waals surface area contributed by atoms with E-state index in [-0.39, 0.29) is 30.5 Å². The third-order valence-corrected chi connectivity index (χ3v) is 5.18. The minimum atomic E-state index is -0.592.